The van der Waals surface area contributed by atoms with Crippen molar-refractivity contribution >= 4 is 40.3 Å². The number of hydrogen-bond acceptors (Lipinski definition) is 6. The molecule has 0 atom stereocenters. The van der Waals surface area contributed by atoms with E-state index >= 15 is 0 Å². The van der Waals surface area contributed by atoms with E-state index in [1.165, 1.54) is 6.92 Å². The summed E-state index contributed by atoms with van der Waals surface area (Å²) < 4.78 is 1.63. The zero-order valence-corrected chi connectivity index (χ0v) is 14.7. The summed E-state index contributed by atoms with van der Waals surface area (Å²) in [5, 5.41) is 14.1. The van der Waals surface area contributed by atoms with E-state index in [1.54, 1.807) is 10.7 Å². The Balaban J connectivity index is 1.70. The Kier molecular flexibility index (Phi) is 3.87. The lowest BCUT2D eigenvalue weighted by molar-refractivity contribution is -0.114. The Hall–Kier alpha value is -3.29. The Morgan fingerprint density at radius 3 is 2.81 bits per heavy atom. The van der Waals surface area contributed by atoms with Crippen molar-refractivity contribution in [3.8, 4) is 0 Å². The number of nitrogens with two attached hydrogens (primary N) is 1. The number of hydrogen-bond donors (Lipinski definition) is 4. The van der Waals surface area contributed by atoms with Gasteiger partial charge in [0.1, 0.15) is 5.82 Å². The molecular weight excluding hydrogens is 330 g/mol. The fourth-order valence-electron chi connectivity index (χ4n) is 2.78. The lowest BCUT2D eigenvalue weighted by Gasteiger charge is -2.14. The molecular formula is C18H21N7O. The molecule has 8 nitrogen and oxygen atoms in total. The average molecular weight is 351 g/mol. The molecule has 1 amide bonds. The number of carbonyl (C=O) groups excluding carboxylic acids is 1. The topological polar surface area (TPSA) is 109 Å². The molecule has 0 spiro atoms. The summed E-state index contributed by atoms with van der Waals surface area (Å²) in [5.41, 5.74) is 10.2. The van der Waals surface area contributed by atoms with Crippen LogP contribution >= 0.6 is 0 Å². The number of aromatic nitrogens is 3. The first-order chi connectivity index (χ1) is 12.5. The number of benzene rings is 1. The molecule has 5 N–H and O–H groups in total. The molecule has 1 aliphatic carbocycles. The number of amides is 1. The lowest BCUT2D eigenvalue weighted by atomic mass is 10.1. The van der Waals surface area contributed by atoms with Gasteiger partial charge in [-0.15, -0.1) is 5.10 Å². The van der Waals surface area contributed by atoms with Crippen LogP contribution < -0.4 is 21.7 Å². The molecule has 8 heteroatoms. The van der Waals surface area contributed by atoms with E-state index in [0.29, 0.717) is 23.3 Å². The van der Waals surface area contributed by atoms with E-state index in [2.05, 4.69) is 26.0 Å². The highest BCUT2D eigenvalue weighted by atomic mass is 16.1. The van der Waals surface area contributed by atoms with E-state index < -0.39 is 0 Å². The molecule has 134 valence electrons. The average Bonchev–Trinajstić information content (AvgIpc) is 3.32. The first-order valence-electron chi connectivity index (χ1n) is 8.55. The Morgan fingerprint density at radius 2 is 2.08 bits per heavy atom. The second-order valence-corrected chi connectivity index (χ2v) is 6.62. The third kappa shape index (κ3) is 3.26. The van der Waals surface area contributed by atoms with Gasteiger partial charge in [-0.25, -0.2) is 4.98 Å². The maximum absolute atomic E-state index is 11.3. The smallest absolute Gasteiger partial charge is 0.221 e. The normalized spacial score (nSPS) is 13.6. The number of rotatable bonds is 5. The highest BCUT2D eigenvalue weighted by molar-refractivity contribution is 5.89. The SMILES string of the molecule is CC(=O)Nc1ccc(C)c(Nc2cc(NC3CC3)c3ncc(N)n3n2)c1. The van der Waals surface area contributed by atoms with Gasteiger partial charge in [-0.05, 0) is 37.5 Å². The molecule has 1 aromatic carbocycles. The molecule has 0 radical (unpaired) electrons. The second kappa shape index (κ2) is 6.21. The summed E-state index contributed by atoms with van der Waals surface area (Å²) in [6.07, 6.45) is 3.92. The van der Waals surface area contributed by atoms with Gasteiger partial charge >= 0.3 is 0 Å². The number of nitrogens with zero attached hydrogens (tertiary/aromatic N) is 3. The summed E-state index contributed by atoms with van der Waals surface area (Å²) in [4.78, 5) is 15.6. The Labute approximate surface area is 150 Å². The van der Waals surface area contributed by atoms with E-state index in [9.17, 15) is 4.79 Å². The molecule has 1 saturated carbocycles. The standard InChI is InChI=1S/C18H21N7O/c1-10-3-4-13(21-11(2)26)7-14(10)23-17-8-15(22-12-5-6-12)18-20-9-16(19)25(18)24-17/h3-4,7-9,12,22H,5-6,19H2,1-2H3,(H,21,26)(H,23,24). The van der Waals surface area contributed by atoms with Crippen molar-refractivity contribution < 1.29 is 4.79 Å². The van der Waals surface area contributed by atoms with Crippen LogP contribution in [-0.4, -0.2) is 26.5 Å². The highest BCUT2D eigenvalue weighted by Gasteiger charge is 2.23. The van der Waals surface area contributed by atoms with Crippen LogP contribution in [0.25, 0.3) is 5.65 Å². The molecule has 0 saturated heterocycles. The van der Waals surface area contributed by atoms with Crippen LogP contribution in [0.4, 0.5) is 28.7 Å². The van der Waals surface area contributed by atoms with Crippen molar-refractivity contribution in [3.63, 3.8) is 0 Å². The third-order valence-corrected chi connectivity index (χ3v) is 4.25. The number of anilines is 5. The number of nitrogen functional groups attached to an aromatic ring is 1. The van der Waals surface area contributed by atoms with Crippen LogP contribution in [0.3, 0.4) is 0 Å². The maximum atomic E-state index is 11.3. The van der Waals surface area contributed by atoms with E-state index in [4.69, 9.17) is 5.73 Å². The van der Waals surface area contributed by atoms with Crippen LogP contribution in [0, 0.1) is 6.92 Å². The predicted octanol–water partition coefficient (Wildman–Crippen LogP) is 2.90. The van der Waals surface area contributed by atoms with Gasteiger partial charge in [-0.3, -0.25) is 4.79 Å². The molecule has 2 heterocycles. The van der Waals surface area contributed by atoms with Gasteiger partial charge < -0.3 is 21.7 Å². The Morgan fingerprint density at radius 1 is 1.27 bits per heavy atom. The maximum Gasteiger partial charge on any atom is 0.221 e. The number of imidazole rings is 1. The summed E-state index contributed by atoms with van der Waals surface area (Å²) >= 11 is 0. The van der Waals surface area contributed by atoms with Crippen molar-refractivity contribution in [2.45, 2.75) is 32.7 Å². The molecule has 1 aliphatic rings. The molecule has 2 aromatic heterocycles. The fraction of sp³-hybridized carbons (Fsp3) is 0.278. The van der Waals surface area contributed by atoms with Crippen LogP contribution in [0.15, 0.2) is 30.5 Å². The van der Waals surface area contributed by atoms with Gasteiger partial charge in [0.2, 0.25) is 5.91 Å². The van der Waals surface area contributed by atoms with Crippen LogP contribution in [0.2, 0.25) is 0 Å². The predicted molar refractivity (Wildman–Crippen MR) is 103 cm³/mol. The number of carbonyl (C=O) groups is 1. The minimum Gasteiger partial charge on any atom is -0.382 e. The first-order valence-corrected chi connectivity index (χ1v) is 8.55. The summed E-state index contributed by atoms with van der Waals surface area (Å²) in [5.74, 6) is 1.01. The van der Waals surface area contributed by atoms with Crippen LogP contribution in [0.1, 0.15) is 25.3 Å². The van der Waals surface area contributed by atoms with Crippen molar-refractivity contribution in [1.82, 2.24) is 14.6 Å². The minimum atomic E-state index is -0.110. The lowest BCUT2D eigenvalue weighted by Crippen LogP contribution is -2.09. The quantitative estimate of drug-likeness (QED) is 0.563. The van der Waals surface area contributed by atoms with E-state index in [1.807, 2.05) is 31.2 Å². The summed E-state index contributed by atoms with van der Waals surface area (Å²) in [7, 11) is 0. The van der Waals surface area contributed by atoms with Gasteiger partial charge in [0.05, 0.1) is 11.9 Å². The van der Waals surface area contributed by atoms with Crippen LogP contribution in [-0.2, 0) is 4.79 Å². The van der Waals surface area contributed by atoms with Gasteiger partial charge in [-0.1, -0.05) is 6.07 Å². The molecule has 0 aliphatic heterocycles. The molecule has 0 unspecified atom stereocenters. The fourth-order valence-corrected chi connectivity index (χ4v) is 2.78. The minimum absolute atomic E-state index is 0.110. The van der Waals surface area contributed by atoms with Gasteiger partial charge in [0.15, 0.2) is 11.5 Å². The monoisotopic (exact) mass is 351 g/mol. The number of aryl methyl sites for hydroxylation is 1. The summed E-state index contributed by atoms with van der Waals surface area (Å²) in [6, 6.07) is 8.11. The Bertz CT molecular complexity index is 991. The van der Waals surface area contributed by atoms with Crippen molar-refractivity contribution in [1.29, 1.82) is 0 Å². The van der Waals surface area contributed by atoms with Gasteiger partial charge in [0.25, 0.3) is 0 Å². The van der Waals surface area contributed by atoms with E-state index in [0.717, 1.165) is 35.5 Å². The zero-order chi connectivity index (χ0) is 18.3. The summed E-state index contributed by atoms with van der Waals surface area (Å²) in [6.45, 7) is 3.48. The van der Waals surface area contributed by atoms with Crippen LogP contribution in [0.5, 0.6) is 0 Å². The van der Waals surface area contributed by atoms with Gasteiger partial charge in [-0.2, -0.15) is 4.52 Å². The largest absolute Gasteiger partial charge is 0.382 e. The molecule has 0 bridgehead atoms. The molecule has 3 aromatic rings. The molecule has 4 rings (SSSR count). The highest BCUT2D eigenvalue weighted by Crippen LogP contribution is 2.30. The molecule has 1 fully saturated rings. The van der Waals surface area contributed by atoms with Gasteiger partial charge in [0, 0.05) is 30.4 Å². The zero-order valence-electron chi connectivity index (χ0n) is 14.7. The number of nitrogens with one attached hydrogen (secondary N) is 3. The number of fused-ring (bicyclic) bond motifs is 1. The molecule has 26 heavy (non-hydrogen) atoms. The first kappa shape index (κ1) is 16.2. The third-order valence-electron chi connectivity index (χ3n) is 4.25. The van der Waals surface area contributed by atoms with Crippen molar-refractivity contribution in [2.75, 3.05) is 21.7 Å². The second-order valence-electron chi connectivity index (χ2n) is 6.62. The van der Waals surface area contributed by atoms with E-state index in [-0.39, 0.29) is 5.91 Å². The van der Waals surface area contributed by atoms with Crippen molar-refractivity contribution in [2.24, 2.45) is 0 Å². The van der Waals surface area contributed by atoms with Crippen molar-refractivity contribution in [3.05, 3.63) is 36.0 Å².